The molecule has 2 aromatic carbocycles. The van der Waals surface area contributed by atoms with Crippen molar-refractivity contribution in [1.29, 1.82) is 0 Å². The van der Waals surface area contributed by atoms with Gasteiger partial charge in [-0.3, -0.25) is 4.79 Å². The maximum absolute atomic E-state index is 12.7. The van der Waals surface area contributed by atoms with Crippen LogP contribution in [0.4, 0.5) is 4.79 Å². The highest BCUT2D eigenvalue weighted by Gasteiger charge is 2.31. The van der Waals surface area contributed by atoms with Gasteiger partial charge in [-0.1, -0.05) is 61.9 Å². The number of nitrogens with zero attached hydrogens (tertiary/aromatic N) is 1. The van der Waals surface area contributed by atoms with Crippen LogP contribution in [0, 0.1) is 0 Å². The number of amides is 2. The molecular weight excluding hydrogens is 396 g/mol. The van der Waals surface area contributed by atoms with Crippen molar-refractivity contribution in [2.24, 2.45) is 0 Å². The summed E-state index contributed by atoms with van der Waals surface area (Å²) in [6, 6.07) is 14.3. The van der Waals surface area contributed by atoms with Crippen LogP contribution in [0.1, 0.15) is 43.7 Å². The van der Waals surface area contributed by atoms with Crippen molar-refractivity contribution < 1.29 is 24.2 Å². The molecule has 7 nitrogen and oxygen atoms in total. The van der Waals surface area contributed by atoms with Gasteiger partial charge in [0, 0.05) is 13.0 Å². The van der Waals surface area contributed by atoms with Gasteiger partial charge in [-0.2, -0.15) is 0 Å². The number of carboxylic acids is 1. The zero-order valence-corrected chi connectivity index (χ0v) is 18.0. The second-order valence-corrected chi connectivity index (χ2v) is 7.77. The van der Waals surface area contributed by atoms with Gasteiger partial charge in [0.25, 0.3) is 0 Å². The summed E-state index contributed by atoms with van der Waals surface area (Å²) in [5, 5.41) is 11.8. The number of aliphatic carboxylic acids is 1. The van der Waals surface area contributed by atoms with Crippen LogP contribution in [-0.4, -0.2) is 53.7 Å². The number of ether oxygens (including phenoxy) is 1. The second kappa shape index (κ2) is 9.64. The van der Waals surface area contributed by atoms with Crippen LogP contribution in [0.2, 0.25) is 0 Å². The van der Waals surface area contributed by atoms with E-state index in [1.165, 1.54) is 14.0 Å². The number of carbonyl (C=O) groups is 3. The molecule has 0 heterocycles. The number of benzene rings is 2. The topological polar surface area (TPSA) is 95.9 Å². The number of hydrogen-bond donors (Lipinski definition) is 2. The summed E-state index contributed by atoms with van der Waals surface area (Å²) < 4.78 is 5.52. The Morgan fingerprint density at radius 2 is 1.61 bits per heavy atom. The van der Waals surface area contributed by atoms with Gasteiger partial charge in [0.05, 0.1) is 0 Å². The standard InChI is InChI=1S/C24H28N2O5/c1-4-9-21(22(27)26(3)15(2)23(28)29)25-24(30)31-14-20-18-12-7-5-10-16(18)17-11-6-8-13-19(17)20/h5-8,10-13,15,20-21H,4,9,14H2,1-3H3,(H,25,30)(H,28,29)/t15-,21?/m0/s1. The SMILES string of the molecule is CCCC(NC(=O)OCC1c2ccccc2-c2ccccc21)C(=O)N(C)[C@@H](C)C(=O)O. The molecule has 164 valence electrons. The Balaban J connectivity index is 1.67. The lowest BCUT2D eigenvalue weighted by Crippen LogP contribution is -2.51. The van der Waals surface area contributed by atoms with Gasteiger partial charge in [0.1, 0.15) is 18.7 Å². The first-order valence-corrected chi connectivity index (χ1v) is 10.5. The molecule has 1 aliphatic carbocycles. The average Bonchev–Trinajstić information content (AvgIpc) is 3.09. The van der Waals surface area contributed by atoms with Gasteiger partial charge >= 0.3 is 12.1 Å². The monoisotopic (exact) mass is 424 g/mol. The average molecular weight is 424 g/mol. The molecule has 0 radical (unpaired) electrons. The Bertz CT molecular complexity index is 928. The molecule has 0 saturated heterocycles. The largest absolute Gasteiger partial charge is 0.480 e. The zero-order valence-electron chi connectivity index (χ0n) is 18.0. The van der Waals surface area contributed by atoms with Crippen LogP contribution in [0.3, 0.4) is 0 Å². The Labute approximate surface area is 182 Å². The fourth-order valence-corrected chi connectivity index (χ4v) is 3.93. The van der Waals surface area contributed by atoms with Crippen molar-refractivity contribution in [2.75, 3.05) is 13.7 Å². The van der Waals surface area contributed by atoms with Crippen molar-refractivity contribution in [3.05, 3.63) is 59.7 Å². The van der Waals surface area contributed by atoms with Crippen LogP contribution in [0.15, 0.2) is 48.5 Å². The normalized spacial score (nSPS) is 14.2. The van der Waals surface area contributed by atoms with Gasteiger partial charge in [0.15, 0.2) is 0 Å². The van der Waals surface area contributed by atoms with E-state index in [-0.39, 0.29) is 12.5 Å². The van der Waals surface area contributed by atoms with Crippen LogP contribution >= 0.6 is 0 Å². The summed E-state index contributed by atoms with van der Waals surface area (Å²) in [5.74, 6) is -1.63. The molecule has 2 aromatic rings. The maximum Gasteiger partial charge on any atom is 0.407 e. The molecule has 0 fully saturated rings. The van der Waals surface area contributed by atoms with Crippen molar-refractivity contribution >= 4 is 18.0 Å². The van der Waals surface area contributed by atoms with E-state index < -0.39 is 30.1 Å². The molecule has 7 heteroatoms. The van der Waals surface area contributed by atoms with Gasteiger partial charge in [-0.15, -0.1) is 0 Å². The van der Waals surface area contributed by atoms with Crippen molar-refractivity contribution in [2.45, 2.75) is 44.7 Å². The van der Waals surface area contributed by atoms with E-state index >= 15 is 0 Å². The van der Waals surface area contributed by atoms with Crippen molar-refractivity contribution in [3.63, 3.8) is 0 Å². The Morgan fingerprint density at radius 3 is 2.13 bits per heavy atom. The zero-order chi connectivity index (χ0) is 22.5. The van der Waals surface area contributed by atoms with E-state index in [0.29, 0.717) is 12.8 Å². The lowest BCUT2D eigenvalue weighted by atomic mass is 9.98. The fraction of sp³-hybridized carbons (Fsp3) is 0.375. The van der Waals surface area contributed by atoms with Crippen LogP contribution in [0.5, 0.6) is 0 Å². The van der Waals surface area contributed by atoms with Gasteiger partial charge in [-0.05, 0) is 35.6 Å². The molecule has 2 N–H and O–H groups in total. The summed E-state index contributed by atoms with van der Waals surface area (Å²) in [6.07, 6.45) is 0.347. The van der Waals surface area contributed by atoms with E-state index in [1.54, 1.807) is 0 Å². The lowest BCUT2D eigenvalue weighted by molar-refractivity contribution is -0.149. The summed E-state index contributed by atoms with van der Waals surface area (Å²) in [4.78, 5) is 37.5. The Morgan fingerprint density at radius 1 is 1.06 bits per heavy atom. The molecule has 0 aliphatic heterocycles. The highest BCUT2D eigenvalue weighted by Crippen LogP contribution is 2.44. The molecule has 31 heavy (non-hydrogen) atoms. The number of hydrogen-bond acceptors (Lipinski definition) is 4. The highest BCUT2D eigenvalue weighted by molar-refractivity contribution is 5.89. The first-order chi connectivity index (χ1) is 14.8. The summed E-state index contributed by atoms with van der Waals surface area (Å²) >= 11 is 0. The van der Waals surface area contributed by atoms with E-state index in [2.05, 4.69) is 17.4 Å². The molecule has 0 spiro atoms. The first kappa shape index (κ1) is 22.3. The molecule has 0 bridgehead atoms. The number of carboxylic acid groups (broad SMARTS) is 1. The molecule has 2 amide bonds. The minimum absolute atomic E-state index is 0.0758. The molecule has 0 saturated carbocycles. The van der Waals surface area contributed by atoms with Crippen LogP contribution in [0.25, 0.3) is 11.1 Å². The molecule has 1 unspecified atom stereocenters. The number of nitrogens with one attached hydrogen (secondary N) is 1. The van der Waals surface area contributed by atoms with Crippen molar-refractivity contribution in [1.82, 2.24) is 10.2 Å². The lowest BCUT2D eigenvalue weighted by Gasteiger charge is -2.27. The number of carbonyl (C=O) groups excluding carboxylic acids is 2. The summed E-state index contributed by atoms with van der Waals surface area (Å²) in [5.41, 5.74) is 4.48. The third-order valence-electron chi connectivity index (χ3n) is 5.80. The predicted octanol–water partition coefficient (Wildman–Crippen LogP) is 3.63. The third-order valence-corrected chi connectivity index (χ3v) is 5.80. The van der Waals surface area contributed by atoms with Gasteiger partial charge in [-0.25, -0.2) is 9.59 Å². The second-order valence-electron chi connectivity index (χ2n) is 7.77. The Hall–Kier alpha value is -3.35. The van der Waals surface area contributed by atoms with Crippen molar-refractivity contribution in [3.8, 4) is 11.1 Å². The minimum Gasteiger partial charge on any atom is -0.480 e. The van der Waals surface area contributed by atoms with E-state index in [9.17, 15) is 14.4 Å². The van der Waals surface area contributed by atoms with Gasteiger partial charge < -0.3 is 20.1 Å². The van der Waals surface area contributed by atoms with E-state index in [0.717, 1.165) is 27.2 Å². The quantitative estimate of drug-likeness (QED) is 0.675. The minimum atomic E-state index is -1.10. The molecule has 3 rings (SSSR count). The summed E-state index contributed by atoms with van der Waals surface area (Å²) in [6.45, 7) is 3.46. The smallest absolute Gasteiger partial charge is 0.407 e. The molecule has 1 aliphatic rings. The number of likely N-dealkylation sites (N-methyl/N-ethyl adjacent to an activating group) is 1. The third kappa shape index (κ3) is 4.71. The Kier molecular flexibility index (Phi) is 6.95. The number of fused-ring (bicyclic) bond motifs is 3. The van der Waals surface area contributed by atoms with Crippen LogP contribution < -0.4 is 5.32 Å². The van der Waals surface area contributed by atoms with E-state index in [4.69, 9.17) is 9.84 Å². The first-order valence-electron chi connectivity index (χ1n) is 10.5. The number of alkyl carbamates (subject to hydrolysis) is 1. The molecular formula is C24H28N2O5. The number of rotatable bonds is 8. The molecule has 2 atom stereocenters. The molecule has 0 aromatic heterocycles. The fourth-order valence-electron chi connectivity index (χ4n) is 3.93. The van der Waals surface area contributed by atoms with E-state index in [1.807, 2.05) is 43.3 Å². The summed E-state index contributed by atoms with van der Waals surface area (Å²) in [7, 11) is 1.42. The van der Waals surface area contributed by atoms with Crippen LogP contribution in [-0.2, 0) is 14.3 Å². The van der Waals surface area contributed by atoms with Gasteiger partial charge in [0.2, 0.25) is 5.91 Å². The highest BCUT2D eigenvalue weighted by atomic mass is 16.5. The maximum atomic E-state index is 12.7. The predicted molar refractivity (Wildman–Crippen MR) is 117 cm³/mol.